The summed E-state index contributed by atoms with van der Waals surface area (Å²) in [7, 11) is 0. The van der Waals surface area contributed by atoms with Crippen LogP contribution in [-0.4, -0.2) is 17.0 Å². The van der Waals surface area contributed by atoms with Gasteiger partial charge in [-0.2, -0.15) is 0 Å². The molecule has 0 unspecified atom stereocenters. The number of nitrogens with one attached hydrogen (secondary N) is 1. The molecule has 2 rings (SSSR count). The fourth-order valence-corrected chi connectivity index (χ4v) is 1.88. The molecule has 0 radical (unpaired) electrons. The zero-order chi connectivity index (χ0) is 14.5. The molecule has 1 amide bonds. The Hall–Kier alpha value is -2.34. The van der Waals surface area contributed by atoms with Crippen LogP contribution in [0, 0.1) is 0 Å². The van der Waals surface area contributed by atoms with E-state index in [4.69, 9.17) is 10.9 Å². The van der Waals surface area contributed by atoms with E-state index in [2.05, 4.69) is 26.4 Å². The Bertz CT molecular complexity index is 654. The highest BCUT2D eigenvalue weighted by Gasteiger charge is 2.07. The molecule has 2 aromatic rings. The maximum absolute atomic E-state index is 12.0. The van der Waals surface area contributed by atoms with E-state index in [1.165, 1.54) is 0 Å². The van der Waals surface area contributed by atoms with Gasteiger partial charge in [0.1, 0.15) is 0 Å². The van der Waals surface area contributed by atoms with Crippen LogP contribution < -0.4 is 11.1 Å². The van der Waals surface area contributed by atoms with Gasteiger partial charge in [0.05, 0.1) is 0 Å². The largest absolute Gasteiger partial charge is 0.409 e. The summed E-state index contributed by atoms with van der Waals surface area (Å²) in [6, 6.07) is 13.8. The van der Waals surface area contributed by atoms with Crippen molar-refractivity contribution in [2.24, 2.45) is 10.9 Å². The van der Waals surface area contributed by atoms with E-state index in [0.717, 1.165) is 4.47 Å². The predicted octanol–water partition coefficient (Wildman–Crippen LogP) is 2.80. The van der Waals surface area contributed by atoms with Gasteiger partial charge in [-0.1, -0.05) is 33.2 Å². The standard InChI is InChI=1S/C14H12BrN3O2/c15-11-6-4-9(5-7-11)14(19)17-12-3-1-2-10(8-12)13(16)18-20/h1-8,20H,(H2,16,18)(H,17,19). The zero-order valence-corrected chi connectivity index (χ0v) is 12.0. The van der Waals surface area contributed by atoms with Crippen LogP contribution in [0.2, 0.25) is 0 Å². The molecule has 5 nitrogen and oxygen atoms in total. The van der Waals surface area contributed by atoms with Gasteiger partial charge in [-0.3, -0.25) is 4.79 Å². The number of oxime groups is 1. The summed E-state index contributed by atoms with van der Waals surface area (Å²) in [5, 5.41) is 14.3. The number of hydrogen-bond acceptors (Lipinski definition) is 3. The number of benzene rings is 2. The Morgan fingerprint density at radius 3 is 2.50 bits per heavy atom. The number of amides is 1. The Labute approximate surface area is 124 Å². The third-order valence-electron chi connectivity index (χ3n) is 2.63. The van der Waals surface area contributed by atoms with Gasteiger partial charge in [-0.25, -0.2) is 0 Å². The molecule has 0 aliphatic rings. The number of anilines is 1. The highest BCUT2D eigenvalue weighted by Crippen LogP contribution is 2.14. The first-order valence-corrected chi connectivity index (χ1v) is 6.54. The van der Waals surface area contributed by atoms with Crippen LogP contribution in [-0.2, 0) is 0 Å². The van der Waals surface area contributed by atoms with E-state index >= 15 is 0 Å². The second kappa shape index (κ2) is 6.21. The molecule has 4 N–H and O–H groups in total. The smallest absolute Gasteiger partial charge is 0.255 e. The number of rotatable bonds is 3. The van der Waals surface area contributed by atoms with E-state index in [1.807, 2.05) is 0 Å². The van der Waals surface area contributed by atoms with E-state index in [0.29, 0.717) is 16.8 Å². The van der Waals surface area contributed by atoms with Gasteiger partial charge in [-0.05, 0) is 36.4 Å². The van der Waals surface area contributed by atoms with Crippen molar-refractivity contribution < 1.29 is 10.0 Å². The summed E-state index contributed by atoms with van der Waals surface area (Å²) >= 11 is 3.31. The average molecular weight is 334 g/mol. The number of nitrogens with two attached hydrogens (primary N) is 1. The van der Waals surface area contributed by atoms with Crippen molar-refractivity contribution in [2.75, 3.05) is 5.32 Å². The van der Waals surface area contributed by atoms with Gasteiger partial charge >= 0.3 is 0 Å². The molecule has 0 aromatic heterocycles. The number of nitrogens with zero attached hydrogens (tertiary/aromatic N) is 1. The first-order valence-electron chi connectivity index (χ1n) is 5.75. The van der Waals surface area contributed by atoms with Crippen LogP contribution in [0.5, 0.6) is 0 Å². The second-order valence-electron chi connectivity index (χ2n) is 4.03. The molecule has 2 aromatic carbocycles. The summed E-state index contributed by atoms with van der Waals surface area (Å²) in [4.78, 5) is 12.0. The lowest BCUT2D eigenvalue weighted by Gasteiger charge is -2.07. The molecule has 0 saturated carbocycles. The fraction of sp³-hybridized carbons (Fsp3) is 0. The normalized spacial score (nSPS) is 11.2. The lowest BCUT2D eigenvalue weighted by Crippen LogP contribution is -2.15. The van der Waals surface area contributed by atoms with Gasteiger partial charge in [0.15, 0.2) is 5.84 Å². The minimum absolute atomic E-state index is 0.00950. The summed E-state index contributed by atoms with van der Waals surface area (Å²) in [6.07, 6.45) is 0. The van der Waals surface area contributed by atoms with Crippen LogP contribution in [0.4, 0.5) is 5.69 Å². The minimum atomic E-state index is -0.228. The average Bonchev–Trinajstić information content (AvgIpc) is 2.47. The molecule has 0 heterocycles. The number of carbonyl (C=O) groups is 1. The Kier molecular flexibility index (Phi) is 4.37. The SMILES string of the molecule is N/C(=N/O)c1cccc(NC(=O)c2ccc(Br)cc2)c1. The van der Waals surface area contributed by atoms with E-state index in [9.17, 15) is 4.79 Å². The van der Waals surface area contributed by atoms with Crippen LogP contribution in [0.3, 0.4) is 0 Å². The molecular weight excluding hydrogens is 322 g/mol. The third kappa shape index (κ3) is 3.36. The summed E-state index contributed by atoms with van der Waals surface area (Å²) in [5.74, 6) is -0.237. The van der Waals surface area contributed by atoms with E-state index < -0.39 is 0 Å². The lowest BCUT2D eigenvalue weighted by molar-refractivity contribution is 0.102. The first kappa shape index (κ1) is 14.1. The van der Waals surface area contributed by atoms with Crippen molar-refractivity contribution >= 4 is 33.4 Å². The Balaban J connectivity index is 2.17. The van der Waals surface area contributed by atoms with Crippen molar-refractivity contribution in [3.63, 3.8) is 0 Å². The van der Waals surface area contributed by atoms with Gasteiger partial charge in [0.2, 0.25) is 0 Å². The zero-order valence-electron chi connectivity index (χ0n) is 10.4. The fourth-order valence-electron chi connectivity index (χ4n) is 1.62. The maximum Gasteiger partial charge on any atom is 0.255 e. The highest BCUT2D eigenvalue weighted by atomic mass is 79.9. The van der Waals surface area contributed by atoms with Gasteiger partial charge in [-0.15, -0.1) is 0 Å². The molecule has 0 saturated heterocycles. The van der Waals surface area contributed by atoms with Crippen LogP contribution in [0.15, 0.2) is 58.2 Å². The van der Waals surface area contributed by atoms with Crippen LogP contribution in [0.25, 0.3) is 0 Å². The minimum Gasteiger partial charge on any atom is -0.409 e. The van der Waals surface area contributed by atoms with Gasteiger partial charge in [0, 0.05) is 21.3 Å². The van der Waals surface area contributed by atoms with E-state index in [1.54, 1.807) is 48.5 Å². The highest BCUT2D eigenvalue weighted by molar-refractivity contribution is 9.10. The first-order chi connectivity index (χ1) is 9.60. The molecule has 0 spiro atoms. The number of amidine groups is 1. The molecule has 0 bridgehead atoms. The summed E-state index contributed by atoms with van der Waals surface area (Å²) < 4.78 is 0.906. The van der Waals surface area contributed by atoms with Gasteiger partial charge in [0.25, 0.3) is 5.91 Å². The Morgan fingerprint density at radius 2 is 1.85 bits per heavy atom. The number of carbonyl (C=O) groups excluding carboxylic acids is 1. The Morgan fingerprint density at radius 1 is 1.15 bits per heavy atom. The van der Waals surface area contributed by atoms with Crippen molar-refractivity contribution in [1.82, 2.24) is 0 Å². The molecule has 102 valence electrons. The molecular formula is C14H12BrN3O2. The monoisotopic (exact) mass is 333 g/mol. The van der Waals surface area contributed by atoms with Gasteiger partial charge < -0.3 is 16.3 Å². The number of hydrogen-bond donors (Lipinski definition) is 3. The van der Waals surface area contributed by atoms with Crippen molar-refractivity contribution in [3.05, 3.63) is 64.1 Å². The van der Waals surface area contributed by atoms with Crippen LogP contribution >= 0.6 is 15.9 Å². The maximum atomic E-state index is 12.0. The molecule has 6 heteroatoms. The molecule has 0 aliphatic heterocycles. The molecule has 0 fully saturated rings. The van der Waals surface area contributed by atoms with Crippen LogP contribution in [0.1, 0.15) is 15.9 Å². The molecule has 0 aliphatic carbocycles. The van der Waals surface area contributed by atoms with Crippen molar-refractivity contribution in [3.8, 4) is 0 Å². The lowest BCUT2D eigenvalue weighted by atomic mass is 10.1. The van der Waals surface area contributed by atoms with E-state index in [-0.39, 0.29) is 11.7 Å². The summed E-state index contributed by atoms with van der Waals surface area (Å²) in [6.45, 7) is 0. The quantitative estimate of drug-likeness (QED) is 0.349. The topological polar surface area (TPSA) is 87.7 Å². The molecule has 20 heavy (non-hydrogen) atoms. The second-order valence-corrected chi connectivity index (χ2v) is 4.94. The predicted molar refractivity (Wildman–Crippen MR) is 81.0 cm³/mol. The van der Waals surface area contributed by atoms with Crippen molar-refractivity contribution in [2.45, 2.75) is 0 Å². The number of halogens is 1. The molecule has 0 atom stereocenters. The van der Waals surface area contributed by atoms with Crippen molar-refractivity contribution in [1.29, 1.82) is 0 Å². The third-order valence-corrected chi connectivity index (χ3v) is 3.16. The summed E-state index contributed by atoms with van der Waals surface area (Å²) in [5.41, 5.74) is 7.15.